The summed E-state index contributed by atoms with van der Waals surface area (Å²) in [5.41, 5.74) is 4.64. The minimum Gasteiger partial charge on any atom is -0.395 e. The molecule has 0 aliphatic carbocycles. The number of halogens is 1. The summed E-state index contributed by atoms with van der Waals surface area (Å²) in [7, 11) is 0. The van der Waals surface area contributed by atoms with Crippen LogP contribution in [-0.4, -0.2) is 33.2 Å². The van der Waals surface area contributed by atoms with E-state index in [-0.39, 0.29) is 6.61 Å². The second-order valence-electron chi connectivity index (χ2n) is 5.89. The van der Waals surface area contributed by atoms with E-state index in [9.17, 15) is 0 Å². The Balaban J connectivity index is 2.01. The van der Waals surface area contributed by atoms with Gasteiger partial charge in [0.1, 0.15) is 5.82 Å². The van der Waals surface area contributed by atoms with Crippen LogP contribution < -0.4 is 10.6 Å². The number of rotatable bonds is 6. The fourth-order valence-corrected chi connectivity index (χ4v) is 2.98. The Hall–Kier alpha value is -2.70. The Labute approximate surface area is 157 Å². The molecule has 1 aromatic carbocycles. The lowest BCUT2D eigenvalue weighted by Gasteiger charge is -2.15. The largest absolute Gasteiger partial charge is 0.395 e. The van der Waals surface area contributed by atoms with Gasteiger partial charge in [0.15, 0.2) is 0 Å². The molecule has 0 radical (unpaired) electrons. The number of pyridine rings is 1. The van der Waals surface area contributed by atoms with Gasteiger partial charge in [0.2, 0.25) is 5.95 Å². The van der Waals surface area contributed by atoms with Crippen LogP contribution in [0, 0.1) is 13.8 Å². The van der Waals surface area contributed by atoms with Gasteiger partial charge in [-0.3, -0.25) is 4.98 Å². The first-order chi connectivity index (χ1) is 12.6. The van der Waals surface area contributed by atoms with Crippen molar-refractivity contribution in [1.82, 2.24) is 15.0 Å². The quantitative estimate of drug-likeness (QED) is 0.610. The van der Waals surface area contributed by atoms with E-state index in [0.29, 0.717) is 23.3 Å². The van der Waals surface area contributed by atoms with E-state index < -0.39 is 0 Å². The van der Waals surface area contributed by atoms with Gasteiger partial charge >= 0.3 is 0 Å². The molecule has 3 aromatic rings. The fourth-order valence-electron chi connectivity index (χ4n) is 2.66. The van der Waals surface area contributed by atoms with Gasteiger partial charge in [-0.15, -0.1) is 0 Å². The highest BCUT2D eigenvalue weighted by Gasteiger charge is 2.10. The van der Waals surface area contributed by atoms with Crippen molar-refractivity contribution in [3.63, 3.8) is 0 Å². The second-order valence-corrected chi connectivity index (χ2v) is 6.33. The summed E-state index contributed by atoms with van der Waals surface area (Å²) >= 11 is 6.12. The lowest BCUT2D eigenvalue weighted by molar-refractivity contribution is 0.311. The van der Waals surface area contributed by atoms with E-state index in [1.807, 2.05) is 44.2 Å². The van der Waals surface area contributed by atoms with Gasteiger partial charge in [0.25, 0.3) is 0 Å². The SMILES string of the molecule is Cc1cc(Cl)cc(C)c1Nc1cc(-c2cccnc2)nc(NCCO)n1. The highest BCUT2D eigenvalue weighted by Crippen LogP contribution is 2.29. The van der Waals surface area contributed by atoms with E-state index in [0.717, 1.165) is 28.1 Å². The number of hydrogen-bond acceptors (Lipinski definition) is 6. The summed E-state index contributed by atoms with van der Waals surface area (Å²) in [6, 6.07) is 9.48. The molecule has 0 saturated heterocycles. The van der Waals surface area contributed by atoms with E-state index in [2.05, 4.69) is 25.6 Å². The molecular formula is C19H20ClN5O. The number of aromatic nitrogens is 3. The molecule has 0 fully saturated rings. The van der Waals surface area contributed by atoms with Crippen LogP contribution >= 0.6 is 11.6 Å². The van der Waals surface area contributed by atoms with Gasteiger partial charge in [-0.1, -0.05) is 11.6 Å². The Morgan fingerprint density at radius 1 is 1.12 bits per heavy atom. The second kappa shape index (κ2) is 8.12. The van der Waals surface area contributed by atoms with Gasteiger partial charge in [0, 0.05) is 41.3 Å². The van der Waals surface area contributed by atoms with Crippen molar-refractivity contribution in [3.05, 3.63) is 58.9 Å². The number of aliphatic hydroxyl groups is 1. The summed E-state index contributed by atoms with van der Waals surface area (Å²) in [5.74, 6) is 1.08. The smallest absolute Gasteiger partial charge is 0.225 e. The monoisotopic (exact) mass is 369 g/mol. The van der Waals surface area contributed by atoms with Crippen molar-refractivity contribution in [1.29, 1.82) is 0 Å². The van der Waals surface area contributed by atoms with Crippen LogP contribution in [0.15, 0.2) is 42.7 Å². The van der Waals surface area contributed by atoms with Gasteiger partial charge in [-0.05, 0) is 49.2 Å². The molecule has 0 amide bonds. The van der Waals surface area contributed by atoms with Gasteiger partial charge in [-0.25, -0.2) is 4.98 Å². The minimum atomic E-state index is -0.00135. The predicted molar refractivity (Wildman–Crippen MR) is 105 cm³/mol. The molecular weight excluding hydrogens is 350 g/mol. The standard InChI is InChI=1S/C19H20ClN5O/c1-12-8-15(20)9-13(2)18(12)24-17-10-16(14-4-3-5-21-11-14)23-19(25-17)22-6-7-26/h3-5,8-11,26H,6-7H2,1-2H3,(H2,22,23,24,25). The first-order valence-corrected chi connectivity index (χ1v) is 8.62. The van der Waals surface area contributed by atoms with Crippen molar-refractivity contribution in [2.75, 3.05) is 23.8 Å². The normalized spacial score (nSPS) is 10.6. The fraction of sp³-hybridized carbons (Fsp3) is 0.211. The molecule has 6 nitrogen and oxygen atoms in total. The predicted octanol–water partition coefficient (Wildman–Crippen LogP) is 3.96. The van der Waals surface area contributed by atoms with Crippen molar-refractivity contribution >= 4 is 29.1 Å². The van der Waals surface area contributed by atoms with Crippen molar-refractivity contribution in [2.24, 2.45) is 0 Å². The van der Waals surface area contributed by atoms with E-state index in [4.69, 9.17) is 16.7 Å². The molecule has 3 N–H and O–H groups in total. The number of aryl methyl sites for hydroxylation is 2. The zero-order valence-corrected chi connectivity index (χ0v) is 15.4. The number of benzene rings is 1. The number of nitrogens with zero attached hydrogens (tertiary/aromatic N) is 3. The lowest BCUT2D eigenvalue weighted by atomic mass is 10.1. The zero-order chi connectivity index (χ0) is 18.5. The maximum absolute atomic E-state index is 9.06. The summed E-state index contributed by atoms with van der Waals surface area (Å²) in [6.07, 6.45) is 3.47. The molecule has 0 spiro atoms. The topological polar surface area (TPSA) is 83.0 Å². The van der Waals surface area contributed by atoms with E-state index >= 15 is 0 Å². The number of nitrogens with one attached hydrogen (secondary N) is 2. The summed E-state index contributed by atoms with van der Waals surface area (Å²) in [5, 5.41) is 16.1. The molecule has 0 atom stereocenters. The summed E-state index contributed by atoms with van der Waals surface area (Å²) in [4.78, 5) is 13.2. The third-order valence-corrected chi connectivity index (χ3v) is 4.05. The molecule has 0 saturated carbocycles. The Bertz CT molecular complexity index is 879. The molecule has 0 aliphatic heterocycles. The van der Waals surface area contributed by atoms with Crippen LogP contribution in [-0.2, 0) is 0 Å². The van der Waals surface area contributed by atoms with Crippen molar-refractivity contribution < 1.29 is 5.11 Å². The number of aliphatic hydroxyl groups excluding tert-OH is 1. The van der Waals surface area contributed by atoms with Crippen LogP contribution in [0.3, 0.4) is 0 Å². The Morgan fingerprint density at radius 2 is 1.88 bits per heavy atom. The summed E-state index contributed by atoms with van der Waals surface area (Å²) in [6.45, 7) is 4.36. The van der Waals surface area contributed by atoms with E-state index in [1.54, 1.807) is 12.4 Å². The average Bonchev–Trinajstić information content (AvgIpc) is 2.63. The van der Waals surface area contributed by atoms with Gasteiger partial charge in [-0.2, -0.15) is 4.98 Å². The van der Waals surface area contributed by atoms with Crippen LogP contribution in [0.5, 0.6) is 0 Å². The van der Waals surface area contributed by atoms with Crippen molar-refractivity contribution in [2.45, 2.75) is 13.8 Å². The molecule has 26 heavy (non-hydrogen) atoms. The van der Waals surface area contributed by atoms with Crippen LogP contribution in [0.4, 0.5) is 17.5 Å². The van der Waals surface area contributed by atoms with Crippen LogP contribution in [0.25, 0.3) is 11.3 Å². The molecule has 0 bridgehead atoms. The minimum absolute atomic E-state index is 0.00135. The van der Waals surface area contributed by atoms with Crippen molar-refractivity contribution in [3.8, 4) is 11.3 Å². The highest BCUT2D eigenvalue weighted by molar-refractivity contribution is 6.30. The maximum Gasteiger partial charge on any atom is 0.225 e. The zero-order valence-electron chi connectivity index (χ0n) is 14.6. The first kappa shape index (κ1) is 18.1. The Kier molecular flexibility index (Phi) is 5.65. The molecule has 0 unspecified atom stereocenters. The molecule has 0 aliphatic rings. The Morgan fingerprint density at radius 3 is 2.54 bits per heavy atom. The molecule has 2 aromatic heterocycles. The van der Waals surface area contributed by atoms with Gasteiger partial charge < -0.3 is 15.7 Å². The van der Waals surface area contributed by atoms with Crippen LogP contribution in [0.1, 0.15) is 11.1 Å². The van der Waals surface area contributed by atoms with E-state index in [1.165, 1.54) is 0 Å². The summed E-state index contributed by atoms with van der Waals surface area (Å²) < 4.78 is 0. The molecule has 134 valence electrons. The molecule has 7 heteroatoms. The third kappa shape index (κ3) is 4.28. The lowest BCUT2D eigenvalue weighted by Crippen LogP contribution is -2.10. The number of hydrogen-bond donors (Lipinski definition) is 3. The maximum atomic E-state index is 9.06. The van der Waals surface area contributed by atoms with Gasteiger partial charge in [0.05, 0.1) is 12.3 Å². The average molecular weight is 370 g/mol. The molecule has 2 heterocycles. The molecule has 3 rings (SSSR count). The number of anilines is 3. The third-order valence-electron chi connectivity index (χ3n) is 3.83. The first-order valence-electron chi connectivity index (χ1n) is 8.25. The van der Waals surface area contributed by atoms with Crippen LogP contribution in [0.2, 0.25) is 5.02 Å². The highest BCUT2D eigenvalue weighted by atomic mass is 35.5.